The molecular weight excluding hydrogens is 318 g/mol. The zero-order chi connectivity index (χ0) is 15.3. The van der Waals surface area contributed by atoms with Crippen LogP contribution in [0.4, 0.5) is 0 Å². The summed E-state index contributed by atoms with van der Waals surface area (Å²) in [5, 5.41) is 3.56. The first-order valence-corrected chi connectivity index (χ1v) is 7.76. The number of halogens is 1. The quantitative estimate of drug-likeness (QED) is 0.821. The SMILES string of the molecule is CCNC(CC(C)(C)C)c1cc(OC)c(OC)cc1Br. The lowest BCUT2D eigenvalue weighted by atomic mass is 9.85. The topological polar surface area (TPSA) is 30.5 Å². The normalized spacial score (nSPS) is 13.2. The summed E-state index contributed by atoms with van der Waals surface area (Å²) in [6.07, 6.45) is 1.05. The molecule has 0 aliphatic rings. The Bertz CT molecular complexity index is 441. The maximum atomic E-state index is 5.42. The Hall–Kier alpha value is -0.740. The van der Waals surface area contributed by atoms with Crippen molar-refractivity contribution in [2.24, 2.45) is 5.41 Å². The summed E-state index contributed by atoms with van der Waals surface area (Å²) in [7, 11) is 3.32. The van der Waals surface area contributed by atoms with E-state index in [9.17, 15) is 0 Å². The van der Waals surface area contributed by atoms with Gasteiger partial charge in [0.15, 0.2) is 11.5 Å². The molecule has 0 aromatic heterocycles. The van der Waals surface area contributed by atoms with Crippen molar-refractivity contribution >= 4 is 15.9 Å². The van der Waals surface area contributed by atoms with Crippen LogP contribution in [0.15, 0.2) is 16.6 Å². The molecule has 0 saturated carbocycles. The Kier molecular flexibility index (Phi) is 6.34. The maximum absolute atomic E-state index is 5.42. The highest BCUT2D eigenvalue weighted by atomic mass is 79.9. The molecule has 1 N–H and O–H groups in total. The lowest BCUT2D eigenvalue weighted by Gasteiger charge is -2.28. The molecule has 20 heavy (non-hydrogen) atoms. The number of ether oxygens (including phenoxy) is 2. The van der Waals surface area contributed by atoms with E-state index in [0.717, 1.165) is 28.9 Å². The molecule has 0 aliphatic carbocycles. The van der Waals surface area contributed by atoms with E-state index in [1.807, 2.05) is 6.07 Å². The molecule has 4 heteroatoms. The molecule has 114 valence electrons. The minimum Gasteiger partial charge on any atom is -0.493 e. The summed E-state index contributed by atoms with van der Waals surface area (Å²) in [5.41, 5.74) is 1.46. The third kappa shape index (κ3) is 4.67. The van der Waals surface area contributed by atoms with Crippen LogP contribution in [-0.4, -0.2) is 20.8 Å². The third-order valence-corrected chi connectivity index (χ3v) is 3.83. The summed E-state index contributed by atoms with van der Waals surface area (Å²) in [6.45, 7) is 9.83. The lowest BCUT2D eigenvalue weighted by Crippen LogP contribution is -2.26. The van der Waals surface area contributed by atoms with Crippen LogP contribution in [-0.2, 0) is 0 Å². The molecule has 0 amide bonds. The lowest BCUT2D eigenvalue weighted by molar-refractivity contribution is 0.311. The first-order chi connectivity index (χ1) is 9.32. The van der Waals surface area contributed by atoms with Crippen LogP contribution in [0.5, 0.6) is 11.5 Å². The van der Waals surface area contributed by atoms with Gasteiger partial charge in [-0.1, -0.05) is 43.6 Å². The molecule has 0 radical (unpaired) electrons. The predicted molar refractivity (Wildman–Crippen MR) is 87.7 cm³/mol. The average Bonchev–Trinajstić information content (AvgIpc) is 2.36. The van der Waals surface area contributed by atoms with Crippen LogP contribution in [0.25, 0.3) is 0 Å². The zero-order valence-corrected chi connectivity index (χ0v) is 14.9. The molecule has 0 fully saturated rings. The molecule has 0 aliphatic heterocycles. The van der Waals surface area contributed by atoms with Crippen molar-refractivity contribution in [2.75, 3.05) is 20.8 Å². The molecule has 1 atom stereocenters. The van der Waals surface area contributed by atoms with Crippen LogP contribution in [0.3, 0.4) is 0 Å². The van der Waals surface area contributed by atoms with E-state index >= 15 is 0 Å². The maximum Gasteiger partial charge on any atom is 0.161 e. The fourth-order valence-corrected chi connectivity index (χ4v) is 2.89. The summed E-state index contributed by atoms with van der Waals surface area (Å²) < 4.78 is 11.8. The molecule has 1 aromatic rings. The summed E-state index contributed by atoms with van der Waals surface area (Å²) in [4.78, 5) is 0. The summed E-state index contributed by atoms with van der Waals surface area (Å²) in [6, 6.07) is 4.32. The molecule has 0 saturated heterocycles. The van der Waals surface area contributed by atoms with E-state index in [-0.39, 0.29) is 11.5 Å². The minimum absolute atomic E-state index is 0.249. The molecule has 3 nitrogen and oxygen atoms in total. The third-order valence-electron chi connectivity index (χ3n) is 3.15. The number of benzene rings is 1. The van der Waals surface area contributed by atoms with Crippen molar-refractivity contribution < 1.29 is 9.47 Å². The van der Waals surface area contributed by atoms with Gasteiger partial charge in [0, 0.05) is 10.5 Å². The van der Waals surface area contributed by atoms with Crippen LogP contribution in [0.1, 0.15) is 45.7 Å². The first-order valence-electron chi connectivity index (χ1n) is 6.97. The van der Waals surface area contributed by atoms with Gasteiger partial charge >= 0.3 is 0 Å². The number of nitrogens with one attached hydrogen (secondary N) is 1. The highest BCUT2D eigenvalue weighted by Gasteiger charge is 2.23. The highest BCUT2D eigenvalue weighted by Crippen LogP contribution is 2.39. The van der Waals surface area contributed by atoms with E-state index in [2.05, 4.69) is 55.0 Å². The zero-order valence-electron chi connectivity index (χ0n) is 13.3. The number of hydrogen-bond donors (Lipinski definition) is 1. The molecular formula is C16H26BrNO2. The van der Waals surface area contributed by atoms with E-state index in [1.54, 1.807) is 14.2 Å². The van der Waals surface area contributed by atoms with Gasteiger partial charge in [0.1, 0.15) is 0 Å². The molecule has 1 aromatic carbocycles. The molecule has 0 spiro atoms. The number of hydrogen-bond acceptors (Lipinski definition) is 3. The van der Waals surface area contributed by atoms with Crippen LogP contribution in [0, 0.1) is 5.41 Å². The Balaban J connectivity index is 3.18. The number of methoxy groups -OCH3 is 2. The van der Waals surface area contributed by atoms with E-state index in [1.165, 1.54) is 5.56 Å². The van der Waals surface area contributed by atoms with Gasteiger partial charge < -0.3 is 14.8 Å². The van der Waals surface area contributed by atoms with Crippen molar-refractivity contribution in [1.82, 2.24) is 5.32 Å². The van der Waals surface area contributed by atoms with Gasteiger partial charge in [-0.2, -0.15) is 0 Å². The second-order valence-electron chi connectivity index (χ2n) is 6.10. The van der Waals surface area contributed by atoms with Crippen LogP contribution >= 0.6 is 15.9 Å². The second-order valence-corrected chi connectivity index (χ2v) is 6.96. The van der Waals surface area contributed by atoms with Crippen molar-refractivity contribution in [3.05, 3.63) is 22.2 Å². The van der Waals surface area contributed by atoms with E-state index < -0.39 is 0 Å². The van der Waals surface area contributed by atoms with Gasteiger partial charge in [0.05, 0.1) is 14.2 Å². The van der Waals surface area contributed by atoms with Gasteiger partial charge in [-0.25, -0.2) is 0 Å². The van der Waals surface area contributed by atoms with Crippen molar-refractivity contribution in [2.45, 2.75) is 40.2 Å². The Morgan fingerprint density at radius 2 is 1.70 bits per heavy atom. The van der Waals surface area contributed by atoms with Gasteiger partial charge in [0.25, 0.3) is 0 Å². The van der Waals surface area contributed by atoms with E-state index in [0.29, 0.717) is 0 Å². The second kappa shape index (κ2) is 7.32. The van der Waals surface area contributed by atoms with Crippen molar-refractivity contribution in [3.8, 4) is 11.5 Å². The number of rotatable bonds is 6. The monoisotopic (exact) mass is 343 g/mol. The summed E-state index contributed by atoms with van der Waals surface area (Å²) in [5.74, 6) is 1.51. The van der Waals surface area contributed by atoms with E-state index in [4.69, 9.17) is 9.47 Å². The molecule has 1 rings (SSSR count). The smallest absolute Gasteiger partial charge is 0.161 e. The Morgan fingerprint density at radius 3 is 2.15 bits per heavy atom. The molecule has 1 unspecified atom stereocenters. The van der Waals surface area contributed by atoms with Crippen molar-refractivity contribution in [1.29, 1.82) is 0 Å². The molecule has 0 bridgehead atoms. The van der Waals surface area contributed by atoms with Crippen molar-refractivity contribution in [3.63, 3.8) is 0 Å². The highest BCUT2D eigenvalue weighted by molar-refractivity contribution is 9.10. The fraction of sp³-hybridized carbons (Fsp3) is 0.625. The van der Waals surface area contributed by atoms with Crippen LogP contribution < -0.4 is 14.8 Å². The predicted octanol–water partition coefficient (Wildman–Crippen LogP) is 4.55. The van der Waals surface area contributed by atoms with Gasteiger partial charge in [-0.3, -0.25) is 0 Å². The standard InChI is InChI=1S/C16H26BrNO2/c1-7-18-13(10-16(2,3)4)11-8-14(19-5)15(20-6)9-12(11)17/h8-9,13,18H,7,10H2,1-6H3. The fourth-order valence-electron chi connectivity index (χ4n) is 2.29. The average molecular weight is 344 g/mol. The Labute approximate surface area is 131 Å². The minimum atomic E-state index is 0.249. The van der Waals surface area contributed by atoms with Gasteiger partial charge in [-0.05, 0) is 36.1 Å². The van der Waals surface area contributed by atoms with Gasteiger partial charge in [-0.15, -0.1) is 0 Å². The summed E-state index contributed by atoms with van der Waals surface area (Å²) >= 11 is 3.65. The Morgan fingerprint density at radius 1 is 1.15 bits per heavy atom. The van der Waals surface area contributed by atoms with Crippen LogP contribution in [0.2, 0.25) is 0 Å². The first kappa shape index (κ1) is 17.3. The largest absolute Gasteiger partial charge is 0.493 e. The molecule has 0 heterocycles. The van der Waals surface area contributed by atoms with Gasteiger partial charge in [0.2, 0.25) is 0 Å².